The van der Waals surface area contributed by atoms with Crippen molar-refractivity contribution in [2.75, 3.05) is 19.6 Å². The highest BCUT2D eigenvalue weighted by Crippen LogP contribution is 2.19. The molecule has 0 saturated carbocycles. The summed E-state index contributed by atoms with van der Waals surface area (Å²) in [7, 11) is 0. The van der Waals surface area contributed by atoms with Crippen LogP contribution in [0.4, 0.5) is 13.2 Å². The molecule has 26 heavy (non-hydrogen) atoms. The second-order valence-corrected chi connectivity index (χ2v) is 6.15. The minimum atomic E-state index is -5.08. The van der Waals surface area contributed by atoms with Crippen LogP contribution in [0.15, 0.2) is 0 Å². The first kappa shape index (κ1) is 24.6. The van der Waals surface area contributed by atoms with Crippen LogP contribution in [-0.4, -0.2) is 76.2 Å². The average molecular weight is 386 g/mol. The van der Waals surface area contributed by atoms with Crippen molar-refractivity contribution in [2.24, 2.45) is 0 Å². The van der Waals surface area contributed by atoms with E-state index in [1.807, 2.05) is 4.90 Å². The van der Waals surface area contributed by atoms with Gasteiger partial charge >= 0.3 is 12.1 Å². The summed E-state index contributed by atoms with van der Waals surface area (Å²) in [6.45, 7) is 5.98. The zero-order valence-electron chi connectivity index (χ0n) is 15.1. The van der Waals surface area contributed by atoms with Gasteiger partial charge in [-0.3, -0.25) is 9.69 Å². The lowest BCUT2D eigenvalue weighted by Crippen LogP contribution is -2.49. The van der Waals surface area contributed by atoms with Crippen LogP contribution >= 0.6 is 0 Å². The number of unbranched alkanes of at least 4 members (excludes halogenated alkanes) is 3. The normalized spacial score (nSPS) is 23.3. The third-order valence-corrected chi connectivity index (χ3v) is 3.92. The summed E-state index contributed by atoms with van der Waals surface area (Å²) >= 11 is 0. The van der Waals surface area contributed by atoms with Crippen molar-refractivity contribution in [3.8, 4) is 0 Å². The second-order valence-electron chi connectivity index (χ2n) is 6.15. The van der Waals surface area contributed by atoms with Gasteiger partial charge in [-0.05, 0) is 19.4 Å². The molecule has 7 nitrogen and oxygen atoms in total. The van der Waals surface area contributed by atoms with Gasteiger partial charge in [-0.2, -0.15) is 13.2 Å². The number of carboxylic acids is 1. The number of rotatable bonds is 8. The standard InChI is InChI=1S/C14H28N2O3.C2HF3O2/c1-3-5-7-8-15-14(19)12-13(18)11(17)10-16(12)9-6-4-2;3-2(4,5)1(6)7/h11-13,17-18H,3-10H2,1-2H3,(H,15,19);(H,6,7)/t11-,12-,13-;/m0./s1. The monoisotopic (exact) mass is 386 g/mol. The van der Waals surface area contributed by atoms with Gasteiger partial charge in [0.05, 0.1) is 6.10 Å². The fourth-order valence-corrected chi connectivity index (χ4v) is 2.49. The van der Waals surface area contributed by atoms with Crippen molar-refractivity contribution in [1.82, 2.24) is 10.2 Å². The van der Waals surface area contributed by atoms with E-state index in [9.17, 15) is 28.2 Å². The van der Waals surface area contributed by atoms with Crippen LogP contribution in [0, 0.1) is 0 Å². The quantitative estimate of drug-likeness (QED) is 0.466. The summed E-state index contributed by atoms with van der Waals surface area (Å²) < 4.78 is 31.7. The fraction of sp³-hybridized carbons (Fsp3) is 0.875. The number of aliphatic hydroxyl groups excluding tert-OH is 2. The van der Waals surface area contributed by atoms with Gasteiger partial charge in [0.15, 0.2) is 0 Å². The predicted molar refractivity (Wildman–Crippen MR) is 88.5 cm³/mol. The van der Waals surface area contributed by atoms with Gasteiger partial charge < -0.3 is 20.6 Å². The average Bonchev–Trinajstić information content (AvgIpc) is 2.83. The Morgan fingerprint density at radius 1 is 1.12 bits per heavy atom. The van der Waals surface area contributed by atoms with Gasteiger partial charge in [-0.25, -0.2) is 4.79 Å². The Morgan fingerprint density at radius 2 is 1.65 bits per heavy atom. The van der Waals surface area contributed by atoms with Crippen LogP contribution in [-0.2, 0) is 9.59 Å². The van der Waals surface area contributed by atoms with Crippen molar-refractivity contribution in [3.63, 3.8) is 0 Å². The molecule has 0 bridgehead atoms. The smallest absolute Gasteiger partial charge is 0.475 e. The van der Waals surface area contributed by atoms with Crippen molar-refractivity contribution < 1.29 is 38.1 Å². The molecule has 10 heteroatoms. The lowest BCUT2D eigenvalue weighted by atomic mass is 10.1. The van der Waals surface area contributed by atoms with E-state index < -0.39 is 30.4 Å². The summed E-state index contributed by atoms with van der Waals surface area (Å²) in [5.74, 6) is -2.91. The van der Waals surface area contributed by atoms with Gasteiger partial charge in [-0.15, -0.1) is 0 Å². The summed E-state index contributed by atoms with van der Waals surface area (Å²) in [6, 6.07) is -0.594. The van der Waals surface area contributed by atoms with Crippen LogP contribution in [0.3, 0.4) is 0 Å². The number of amides is 1. The molecule has 1 rings (SSSR count). The van der Waals surface area contributed by atoms with E-state index in [0.29, 0.717) is 13.1 Å². The summed E-state index contributed by atoms with van der Waals surface area (Å²) in [4.78, 5) is 22.9. The van der Waals surface area contributed by atoms with Gasteiger partial charge in [0.2, 0.25) is 5.91 Å². The highest BCUT2D eigenvalue weighted by molar-refractivity contribution is 5.83. The molecular weight excluding hydrogens is 357 g/mol. The summed E-state index contributed by atoms with van der Waals surface area (Å²) in [5, 5.41) is 29.7. The molecule has 0 aromatic rings. The Bertz CT molecular complexity index is 435. The number of nitrogens with one attached hydrogen (secondary N) is 1. The number of carboxylic acid groups (broad SMARTS) is 1. The van der Waals surface area contributed by atoms with E-state index in [4.69, 9.17) is 9.90 Å². The van der Waals surface area contributed by atoms with Crippen LogP contribution in [0.2, 0.25) is 0 Å². The lowest BCUT2D eigenvalue weighted by molar-refractivity contribution is -0.192. The van der Waals surface area contributed by atoms with Crippen molar-refractivity contribution in [2.45, 2.75) is 70.4 Å². The van der Waals surface area contributed by atoms with E-state index in [1.165, 1.54) is 0 Å². The maximum atomic E-state index is 12.1. The first-order chi connectivity index (χ1) is 12.1. The van der Waals surface area contributed by atoms with Gasteiger partial charge in [0.1, 0.15) is 12.1 Å². The number of β-amino-alcohol motifs (C(OH)–C–C–N with tert-alkyl or cyclic N) is 1. The number of hydrogen-bond acceptors (Lipinski definition) is 5. The van der Waals surface area contributed by atoms with Crippen molar-refractivity contribution >= 4 is 11.9 Å². The van der Waals surface area contributed by atoms with Crippen LogP contribution in [0.5, 0.6) is 0 Å². The Morgan fingerprint density at radius 3 is 2.12 bits per heavy atom. The molecule has 0 aliphatic carbocycles. The number of hydrogen-bond donors (Lipinski definition) is 4. The Kier molecular flexibility index (Phi) is 11.4. The molecular formula is C16H29F3N2O5. The number of halogens is 3. The van der Waals surface area contributed by atoms with Crippen molar-refractivity contribution in [1.29, 1.82) is 0 Å². The van der Waals surface area contributed by atoms with E-state index in [-0.39, 0.29) is 5.91 Å². The van der Waals surface area contributed by atoms with Crippen LogP contribution < -0.4 is 5.32 Å². The summed E-state index contributed by atoms with van der Waals surface area (Å²) in [6.07, 6.45) is -1.69. The SMILES string of the molecule is CCCCCNC(=O)[C@@H]1[C@@H](O)[C@@H](O)CN1CCCC.O=C(O)C(F)(F)F. The molecule has 0 aromatic carbocycles. The number of alkyl halides is 3. The number of aliphatic hydroxyl groups is 2. The molecule has 0 aromatic heterocycles. The predicted octanol–water partition coefficient (Wildman–Crippen LogP) is 1.13. The van der Waals surface area contributed by atoms with Gasteiger partial charge in [-0.1, -0.05) is 33.1 Å². The zero-order valence-corrected chi connectivity index (χ0v) is 15.1. The highest BCUT2D eigenvalue weighted by Gasteiger charge is 2.43. The van der Waals surface area contributed by atoms with Crippen molar-refractivity contribution in [3.05, 3.63) is 0 Å². The fourth-order valence-electron chi connectivity index (χ4n) is 2.49. The third-order valence-electron chi connectivity index (χ3n) is 3.92. The summed E-state index contributed by atoms with van der Waals surface area (Å²) in [5.41, 5.74) is 0. The topological polar surface area (TPSA) is 110 Å². The molecule has 1 saturated heterocycles. The second kappa shape index (κ2) is 12.1. The van der Waals surface area contributed by atoms with Gasteiger partial charge in [0.25, 0.3) is 0 Å². The highest BCUT2D eigenvalue weighted by atomic mass is 19.4. The molecule has 0 spiro atoms. The molecule has 0 unspecified atom stereocenters. The molecule has 0 radical (unpaired) electrons. The molecule has 1 heterocycles. The molecule has 4 N–H and O–H groups in total. The minimum absolute atomic E-state index is 0.156. The van der Waals surface area contributed by atoms with E-state index in [0.717, 1.165) is 38.6 Å². The van der Waals surface area contributed by atoms with Gasteiger partial charge in [0, 0.05) is 13.1 Å². The lowest BCUT2D eigenvalue weighted by Gasteiger charge is -2.24. The third kappa shape index (κ3) is 8.81. The molecule has 1 aliphatic heterocycles. The maximum absolute atomic E-state index is 12.1. The largest absolute Gasteiger partial charge is 0.490 e. The van der Waals surface area contributed by atoms with E-state index >= 15 is 0 Å². The molecule has 1 amide bonds. The van der Waals surface area contributed by atoms with Crippen LogP contribution in [0.25, 0.3) is 0 Å². The molecule has 1 aliphatic rings. The number of carbonyl (C=O) groups excluding carboxylic acids is 1. The van der Waals surface area contributed by atoms with Crippen LogP contribution in [0.1, 0.15) is 46.0 Å². The number of carbonyl (C=O) groups is 2. The first-order valence-corrected chi connectivity index (χ1v) is 8.74. The molecule has 3 atom stereocenters. The maximum Gasteiger partial charge on any atom is 0.490 e. The number of nitrogens with zero attached hydrogens (tertiary/aromatic N) is 1. The molecule has 154 valence electrons. The van der Waals surface area contributed by atoms with E-state index in [2.05, 4.69) is 19.2 Å². The Hall–Kier alpha value is -1.39. The number of aliphatic carboxylic acids is 1. The Balaban J connectivity index is 0.000000758. The minimum Gasteiger partial charge on any atom is -0.475 e. The molecule has 1 fully saturated rings. The number of likely N-dealkylation sites (tertiary alicyclic amines) is 1. The van der Waals surface area contributed by atoms with E-state index in [1.54, 1.807) is 0 Å². The Labute approximate surface area is 151 Å². The zero-order chi connectivity index (χ0) is 20.3. The first-order valence-electron chi connectivity index (χ1n) is 8.74.